The van der Waals surface area contributed by atoms with Gasteiger partial charge in [-0.05, 0) is 24.5 Å². The predicted octanol–water partition coefficient (Wildman–Crippen LogP) is 1.84. The van der Waals surface area contributed by atoms with Crippen molar-refractivity contribution in [3.63, 3.8) is 0 Å². The van der Waals surface area contributed by atoms with Gasteiger partial charge in [0.25, 0.3) is 0 Å². The first-order valence-electron chi connectivity index (χ1n) is 7.08. The third kappa shape index (κ3) is 3.15. The van der Waals surface area contributed by atoms with Crippen molar-refractivity contribution in [1.82, 2.24) is 10.3 Å². The quantitative estimate of drug-likeness (QED) is 0.751. The molecule has 0 radical (unpaired) electrons. The number of nitrogens with two attached hydrogens (primary N) is 1. The Morgan fingerprint density at radius 1 is 1.25 bits per heavy atom. The van der Waals surface area contributed by atoms with Crippen LogP contribution in [0.5, 0.6) is 0 Å². The zero-order chi connectivity index (χ0) is 14.5. The van der Waals surface area contributed by atoms with E-state index in [0.717, 1.165) is 16.5 Å². The van der Waals surface area contributed by atoms with Crippen molar-refractivity contribution >= 4 is 10.9 Å². The highest BCUT2D eigenvalue weighted by Gasteiger charge is 2.18. The summed E-state index contributed by atoms with van der Waals surface area (Å²) >= 11 is 0. The Morgan fingerprint density at radius 3 is 2.70 bits per heavy atom. The zero-order valence-corrected chi connectivity index (χ0v) is 12.1. The molecule has 0 saturated carbocycles. The minimum Gasteiger partial charge on any atom is -0.396 e. The highest BCUT2D eigenvalue weighted by Crippen LogP contribution is 2.22. The average Bonchev–Trinajstić information content (AvgIpc) is 2.51. The molecule has 0 bridgehead atoms. The summed E-state index contributed by atoms with van der Waals surface area (Å²) < 4.78 is 0. The predicted molar refractivity (Wildman–Crippen MR) is 82.4 cm³/mol. The van der Waals surface area contributed by atoms with E-state index in [4.69, 9.17) is 5.73 Å². The maximum absolute atomic E-state index is 9.25. The van der Waals surface area contributed by atoms with Crippen molar-refractivity contribution in [2.75, 3.05) is 13.2 Å². The third-order valence-corrected chi connectivity index (χ3v) is 3.88. The average molecular weight is 273 g/mol. The summed E-state index contributed by atoms with van der Waals surface area (Å²) in [5.41, 5.74) is 8.03. The van der Waals surface area contributed by atoms with E-state index in [1.807, 2.05) is 19.1 Å². The van der Waals surface area contributed by atoms with Gasteiger partial charge < -0.3 is 16.2 Å². The monoisotopic (exact) mass is 273 g/mol. The van der Waals surface area contributed by atoms with Crippen LogP contribution < -0.4 is 11.1 Å². The van der Waals surface area contributed by atoms with E-state index in [1.54, 1.807) is 6.20 Å². The molecule has 0 aliphatic heterocycles. The van der Waals surface area contributed by atoms with E-state index in [9.17, 15) is 5.11 Å². The molecule has 0 aliphatic rings. The van der Waals surface area contributed by atoms with Gasteiger partial charge in [-0.25, -0.2) is 0 Å². The summed E-state index contributed by atoms with van der Waals surface area (Å²) in [7, 11) is 0. The van der Waals surface area contributed by atoms with Gasteiger partial charge in [-0.1, -0.05) is 31.2 Å². The van der Waals surface area contributed by atoms with Gasteiger partial charge in [-0.15, -0.1) is 0 Å². The largest absolute Gasteiger partial charge is 0.396 e. The number of nitrogens with zero attached hydrogens (tertiary/aromatic N) is 1. The van der Waals surface area contributed by atoms with Crippen LogP contribution in [0, 0.1) is 5.92 Å². The van der Waals surface area contributed by atoms with E-state index < -0.39 is 0 Å². The standard InChI is InChI=1S/C16H23N3O/c1-11(10-20)12(2)19-15(9-17)14-7-3-5-13-6-4-8-18-16(13)14/h3-8,11-12,15,19-20H,9-10,17H2,1-2H3. The lowest BCUT2D eigenvalue weighted by atomic mass is 9.99. The highest BCUT2D eigenvalue weighted by molar-refractivity contribution is 5.82. The Balaban J connectivity index is 2.30. The van der Waals surface area contributed by atoms with Gasteiger partial charge in [0.15, 0.2) is 0 Å². The first kappa shape index (κ1) is 14.9. The SMILES string of the molecule is CC(CO)C(C)NC(CN)c1cccc2cccnc12. The molecule has 0 fully saturated rings. The molecule has 0 aliphatic carbocycles. The van der Waals surface area contributed by atoms with Gasteiger partial charge in [-0.3, -0.25) is 4.98 Å². The molecular weight excluding hydrogens is 250 g/mol. The van der Waals surface area contributed by atoms with Crippen molar-refractivity contribution in [1.29, 1.82) is 0 Å². The Labute approximate surface area is 120 Å². The minimum absolute atomic E-state index is 0.0394. The second-order valence-electron chi connectivity index (χ2n) is 5.33. The Hall–Kier alpha value is -1.49. The van der Waals surface area contributed by atoms with Crippen LogP contribution in [0.25, 0.3) is 10.9 Å². The number of rotatable bonds is 6. The first-order chi connectivity index (χ1) is 9.67. The molecule has 4 N–H and O–H groups in total. The summed E-state index contributed by atoms with van der Waals surface area (Å²) in [6.07, 6.45) is 1.80. The van der Waals surface area contributed by atoms with Crippen LogP contribution in [0.1, 0.15) is 25.5 Å². The van der Waals surface area contributed by atoms with E-state index in [-0.39, 0.29) is 24.6 Å². The lowest BCUT2D eigenvalue weighted by Gasteiger charge is -2.26. The number of hydrogen-bond acceptors (Lipinski definition) is 4. The maximum Gasteiger partial charge on any atom is 0.0750 e. The van der Waals surface area contributed by atoms with Crippen LogP contribution in [-0.4, -0.2) is 29.3 Å². The second kappa shape index (κ2) is 6.79. The van der Waals surface area contributed by atoms with E-state index >= 15 is 0 Å². The molecule has 2 rings (SSSR count). The fraction of sp³-hybridized carbons (Fsp3) is 0.438. The van der Waals surface area contributed by atoms with Gasteiger partial charge in [0.05, 0.1) is 5.52 Å². The number of aromatic nitrogens is 1. The van der Waals surface area contributed by atoms with Crippen molar-refractivity contribution in [2.45, 2.75) is 25.9 Å². The van der Waals surface area contributed by atoms with Crippen molar-refractivity contribution in [3.05, 3.63) is 42.1 Å². The fourth-order valence-electron chi connectivity index (χ4n) is 2.33. The number of fused-ring (bicyclic) bond motifs is 1. The summed E-state index contributed by atoms with van der Waals surface area (Å²) in [6, 6.07) is 10.4. The van der Waals surface area contributed by atoms with Gasteiger partial charge >= 0.3 is 0 Å². The number of aliphatic hydroxyl groups is 1. The molecule has 1 aromatic carbocycles. The Morgan fingerprint density at radius 2 is 2.00 bits per heavy atom. The van der Waals surface area contributed by atoms with E-state index in [2.05, 4.69) is 35.4 Å². The number of benzene rings is 1. The molecule has 1 aromatic heterocycles. The molecule has 0 spiro atoms. The molecule has 2 aromatic rings. The topological polar surface area (TPSA) is 71.2 Å². The summed E-state index contributed by atoms with van der Waals surface area (Å²) in [6.45, 7) is 4.76. The number of pyridine rings is 1. The Bertz CT molecular complexity index is 553. The van der Waals surface area contributed by atoms with Gasteiger partial charge in [-0.2, -0.15) is 0 Å². The van der Waals surface area contributed by atoms with E-state index in [0.29, 0.717) is 6.54 Å². The molecular formula is C16H23N3O. The number of hydrogen-bond donors (Lipinski definition) is 3. The lowest BCUT2D eigenvalue weighted by molar-refractivity contribution is 0.201. The smallest absolute Gasteiger partial charge is 0.0750 e. The number of nitrogens with one attached hydrogen (secondary N) is 1. The molecule has 3 unspecified atom stereocenters. The van der Waals surface area contributed by atoms with Gasteiger partial charge in [0.1, 0.15) is 0 Å². The fourth-order valence-corrected chi connectivity index (χ4v) is 2.33. The summed E-state index contributed by atoms with van der Waals surface area (Å²) in [5.74, 6) is 0.187. The van der Waals surface area contributed by atoms with Crippen LogP contribution in [0.2, 0.25) is 0 Å². The van der Waals surface area contributed by atoms with Crippen LogP contribution in [0.4, 0.5) is 0 Å². The molecule has 0 amide bonds. The molecule has 20 heavy (non-hydrogen) atoms. The lowest BCUT2D eigenvalue weighted by Crippen LogP contribution is -2.39. The highest BCUT2D eigenvalue weighted by atomic mass is 16.3. The van der Waals surface area contributed by atoms with Crippen LogP contribution in [-0.2, 0) is 0 Å². The second-order valence-corrected chi connectivity index (χ2v) is 5.33. The summed E-state index contributed by atoms with van der Waals surface area (Å²) in [4.78, 5) is 4.48. The molecule has 1 heterocycles. The van der Waals surface area contributed by atoms with Crippen molar-refractivity contribution in [3.8, 4) is 0 Å². The van der Waals surface area contributed by atoms with Gasteiger partial charge in [0.2, 0.25) is 0 Å². The summed E-state index contributed by atoms with van der Waals surface area (Å²) in [5, 5.41) is 13.9. The maximum atomic E-state index is 9.25. The number of aliphatic hydroxyl groups excluding tert-OH is 1. The van der Waals surface area contributed by atoms with E-state index in [1.165, 1.54) is 0 Å². The molecule has 4 nitrogen and oxygen atoms in total. The Kier molecular flexibility index (Phi) is 5.06. The molecule has 3 atom stereocenters. The van der Waals surface area contributed by atoms with Gasteiger partial charge in [0, 0.05) is 36.8 Å². The zero-order valence-electron chi connectivity index (χ0n) is 12.1. The minimum atomic E-state index is 0.0394. The molecule has 4 heteroatoms. The van der Waals surface area contributed by atoms with Crippen LogP contribution >= 0.6 is 0 Å². The normalized spacial score (nSPS) is 16.0. The van der Waals surface area contributed by atoms with Crippen molar-refractivity contribution in [2.24, 2.45) is 11.7 Å². The molecule has 0 saturated heterocycles. The van der Waals surface area contributed by atoms with Crippen molar-refractivity contribution < 1.29 is 5.11 Å². The van der Waals surface area contributed by atoms with Crippen LogP contribution in [0.3, 0.4) is 0 Å². The van der Waals surface area contributed by atoms with Crippen LogP contribution in [0.15, 0.2) is 36.5 Å². The third-order valence-electron chi connectivity index (χ3n) is 3.88. The molecule has 108 valence electrons. The number of para-hydroxylation sites is 1. The first-order valence-corrected chi connectivity index (χ1v) is 7.08.